The van der Waals surface area contributed by atoms with Gasteiger partial charge in [0.25, 0.3) is 10.0 Å². The molecule has 0 spiro atoms. The molecule has 3 heterocycles. The number of thiophene rings is 1. The summed E-state index contributed by atoms with van der Waals surface area (Å²) in [7, 11) is -2.23. The van der Waals surface area contributed by atoms with Crippen LogP contribution in [0, 0.1) is 5.92 Å². The van der Waals surface area contributed by atoms with Crippen LogP contribution in [0.5, 0.6) is 0 Å². The van der Waals surface area contributed by atoms with Crippen molar-refractivity contribution >= 4 is 38.9 Å². The highest BCUT2D eigenvalue weighted by Gasteiger charge is 2.37. The van der Waals surface area contributed by atoms with E-state index in [1.54, 1.807) is 34.5 Å². The monoisotopic (exact) mass is 448 g/mol. The lowest BCUT2D eigenvalue weighted by Crippen LogP contribution is -2.48. The van der Waals surface area contributed by atoms with Gasteiger partial charge in [0.1, 0.15) is 4.21 Å². The van der Waals surface area contributed by atoms with Gasteiger partial charge in [-0.2, -0.15) is 4.31 Å². The van der Waals surface area contributed by atoms with E-state index in [1.807, 2.05) is 6.07 Å². The molecule has 1 atom stereocenters. The minimum Gasteiger partial charge on any atom is -0.465 e. The Morgan fingerprint density at radius 1 is 1.13 bits per heavy atom. The maximum Gasteiger partial charge on any atom is 0.338 e. The van der Waals surface area contributed by atoms with Crippen molar-refractivity contribution in [2.24, 2.45) is 5.92 Å². The summed E-state index contributed by atoms with van der Waals surface area (Å²) in [4.78, 5) is 27.3. The van der Waals surface area contributed by atoms with Crippen LogP contribution in [0.4, 0.5) is 5.69 Å². The Bertz CT molecular complexity index is 1050. The Hall–Kier alpha value is -2.23. The topological polar surface area (TPSA) is 84.0 Å². The Labute approximate surface area is 180 Å². The zero-order valence-corrected chi connectivity index (χ0v) is 18.4. The largest absolute Gasteiger partial charge is 0.465 e. The van der Waals surface area contributed by atoms with Crippen LogP contribution in [0.15, 0.2) is 39.9 Å². The highest BCUT2D eigenvalue weighted by atomic mass is 32.2. The van der Waals surface area contributed by atoms with E-state index in [0.29, 0.717) is 42.1 Å². The third kappa shape index (κ3) is 3.77. The van der Waals surface area contributed by atoms with Crippen molar-refractivity contribution in [1.82, 2.24) is 4.31 Å². The molecule has 9 heteroatoms. The van der Waals surface area contributed by atoms with E-state index in [2.05, 4.69) is 0 Å². The van der Waals surface area contributed by atoms with Crippen molar-refractivity contribution in [3.63, 3.8) is 0 Å². The van der Waals surface area contributed by atoms with Crippen molar-refractivity contribution in [3.05, 3.63) is 46.8 Å². The second-order valence-corrected chi connectivity index (χ2v) is 10.6. The smallest absolute Gasteiger partial charge is 0.338 e. The Morgan fingerprint density at radius 3 is 2.70 bits per heavy atom. The van der Waals surface area contributed by atoms with Gasteiger partial charge in [-0.05, 0) is 54.8 Å². The molecule has 2 aliphatic rings. The van der Waals surface area contributed by atoms with Crippen LogP contribution in [0.1, 0.15) is 35.2 Å². The normalized spacial score (nSPS) is 19.9. The number of nitrogens with zero attached hydrogens (tertiary/aromatic N) is 2. The maximum atomic E-state index is 13.4. The quantitative estimate of drug-likeness (QED) is 0.672. The average molecular weight is 449 g/mol. The third-order valence-electron chi connectivity index (χ3n) is 5.74. The number of hydrogen-bond donors (Lipinski definition) is 0. The van der Waals surface area contributed by atoms with Crippen LogP contribution in [-0.4, -0.2) is 51.3 Å². The lowest BCUT2D eigenvalue weighted by Gasteiger charge is -2.36. The van der Waals surface area contributed by atoms with E-state index >= 15 is 0 Å². The second kappa shape index (κ2) is 8.49. The second-order valence-electron chi connectivity index (χ2n) is 7.52. The highest BCUT2D eigenvalue weighted by molar-refractivity contribution is 7.91. The predicted molar refractivity (Wildman–Crippen MR) is 114 cm³/mol. The maximum absolute atomic E-state index is 13.4. The predicted octanol–water partition coefficient (Wildman–Crippen LogP) is 2.91. The fourth-order valence-corrected chi connectivity index (χ4v) is 6.94. The van der Waals surface area contributed by atoms with Gasteiger partial charge in [-0.1, -0.05) is 12.1 Å². The molecule has 1 aromatic carbocycles. The molecule has 160 valence electrons. The van der Waals surface area contributed by atoms with Crippen molar-refractivity contribution in [1.29, 1.82) is 0 Å². The van der Waals surface area contributed by atoms with Crippen LogP contribution >= 0.6 is 11.3 Å². The lowest BCUT2D eigenvalue weighted by molar-refractivity contribution is -0.123. The molecule has 0 bridgehead atoms. The third-order valence-corrected chi connectivity index (χ3v) is 8.98. The van der Waals surface area contributed by atoms with Gasteiger partial charge in [0.15, 0.2) is 0 Å². The number of benzene rings is 1. The van der Waals surface area contributed by atoms with Crippen molar-refractivity contribution in [3.8, 4) is 0 Å². The average Bonchev–Trinajstić information content (AvgIpc) is 3.33. The molecule has 1 fully saturated rings. The Morgan fingerprint density at radius 2 is 1.97 bits per heavy atom. The number of esters is 1. The van der Waals surface area contributed by atoms with Gasteiger partial charge >= 0.3 is 5.97 Å². The molecule has 30 heavy (non-hydrogen) atoms. The number of sulfonamides is 1. The van der Waals surface area contributed by atoms with E-state index in [4.69, 9.17) is 4.74 Å². The zero-order valence-electron chi connectivity index (χ0n) is 16.7. The molecule has 0 aliphatic carbocycles. The van der Waals surface area contributed by atoms with E-state index in [9.17, 15) is 18.0 Å². The molecule has 1 saturated heterocycles. The first-order valence-electron chi connectivity index (χ1n) is 9.98. The molecule has 1 aromatic heterocycles. The minimum atomic E-state index is -3.58. The number of ether oxygens (including phenoxy) is 1. The van der Waals surface area contributed by atoms with Gasteiger partial charge in [-0.25, -0.2) is 13.2 Å². The molecule has 0 saturated carbocycles. The number of rotatable bonds is 4. The molecule has 7 nitrogen and oxygen atoms in total. The molecule has 4 rings (SSSR count). The first kappa shape index (κ1) is 21.0. The van der Waals surface area contributed by atoms with Crippen molar-refractivity contribution < 1.29 is 22.7 Å². The van der Waals surface area contributed by atoms with E-state index in [0.717, 1.165) is 17.7 Å². The van der Waals surface area contributed by atoms with Gasteiger partial charge in [0.05, 0.1) is 18.6 Å². The van der Waals surface area contributed by atoms with Crippen LogP contribution < -0.4 is 4.90 Å². The van der Waals surface area contributed by atoms with Gasteiger partial charge in [-0.15, -0.1) is 11.3 Å². The highest BCUT2D eigenvalue weighted by Crippen LogP contribution is 2.33. The van der Waals surface area contributed by atoms with Gasteiger partial charge < -0.3 is 9.64 Å². The molecule has 2 aliphatic heterocycles. The van der Waals surface area contributed by atoms with Crippen LogP contribution in [0.2, 0.25) is 0 Å². The summed E-state index contributed by atoms with van der Waals surface area (Å²) in [6, 6.07) is 8.63. The van der Waals surface area contributed by atoms with E-state index < -0.39 is 21.9 Å². The number of carbonyl (C=O) groups excluding carboxylic acids is 2. The fourth-order valence-electron chi connectivity index (χ4n) is 4.27. The summed E-state index contributed by atoms with van der Waals surface area (Å²) in [6.45, 7) is 1.17. The van der Waals surface area contributed by atoms with Gasteiger partial charge in [-0.3, -0.25) is 4.79 Å². The molecular formula is C21H24N2O5S2. The number of amides is 1. The number of methoxy groups -OCH3 is 1. The molecular weight excluding hydrogens is 424 g/mol. The number of hydrogen-bond acceptors (Lipinski definition) is 6. The van der Waals surface area contributed by atoms with Crippen LogP contribution in [-0.2, 0) is 26.0 Å². The molecule has 0 N–H and O–H groups in total. The Kier molecular flexibility index (Phi) is 5.95. The fraction of sp³-hybridized carbons (Fsp3) is 0.429. The number of anilines is 1. The first-order valence-corrected chi connectivity index (χ1v) is 12.3. The number of piperidine rings is 1. The summed E-state index contributed by atoms with van der Waals surface area (Å²) in [5, 5.41) is 1.74. The van der Waals surface area contributed by atoms with Gasteiger partial charge in [0, 0.05) is 25.3 Å². The first-order chi connectivity index (χ1) is 14.4. The van der Waals surface area contributed by atoms with Crippen LogP contribution in [0.3, 0.4) is 0 Å². The molecule has 1 amide bonds. The number of carbonyl (C=O) groups is 2. The van der Waals surface area contributed by atoms with E-state index in [-0.39, 0.29) is 12.5 Å². The summed E-state index contributed by atoms with van der Waals surface area (Å²) in [5.41, 5.74) is 2.04. The van der Waals surface area contributed by atoms with E-state index in [1.165, 1.54) is 22.8 Å². The van der Waals surface area contributed by atoms with Crippen molar-refractivity contribution in [2.45, 2.75) is 29.9 Å². The summed E-state index contributed by atoms with van der Waals surface area (Å²) < 4.78 is 32.4. The van der Waals surface area contributed by atoms with Crippen molar-refractivity contribution in [2.75, 3.05) is 31.6 Å². The SMILES string of the molecule is COC(=O)c1cccc2c1CCCN2C(=O)[C@H]1CCCN(S(=O)(=O)c2cccs2)C1. The molecule has 0 unspecified atom stereocenters. The molecule has 0 radical (unpaired) electrons. The summed E-state index contributed by atoms with van der Waals surface area (Å²) in [5.74, 6) is -0.891. The summed E-state index contributed by atoms with van der Waals surface area (Å²) >= 11 is 1.19. The minimum absolute atomic E-state index is 0.0796. The van der Waals surface area contributed by atoms with Gasteiger partial charge in [0.2, 0.25) is 5.91 Å². The number of fused-ring (bicyclic) bond motifs is 1. The summed E-state index contributed by atoms with van der Waals surface area (Å²) in [6.07, 6.45) is 2.74. The Balaban J connectivity index is 1.58. The standard InChI is InChI=1S/C21H24N2O5S2/c1-28-21(25)17-7-2-9-18-16(17)8-4-12-23(18)20(24)15-6-3-11-22(14-15)30(26,27)19-10-5-13-29-19/h2,5,7,9-10,13,15H,3-4,6,8,11-12,14H2,1H3/t15-/m0/s1. The lowest BCUT2D eigenvalue weighted by atomic mass is 9.93. The molecule has 2 aromatic rings. The van der Waals surface area contributed by atoms with Crippen LogP contribution in [0.25, 0.3) is 0 Å². The zero-order chi connectivity index (χ0) is 21.3.